The van der Waals surface area contributed by atoms with Crippen LogP contribution in [0.25, 0.3) is 22.2 Å². The normalized spacial score (nSPS) is 13.3. The van der Waals surface area contributed by atoms with Gasteiger partial charge in [-0.3, -0.25) is 5.10 Å². The lowest BCUT2D eigenvalue weighted by atomic mass is 10.0. The van der Waals surface area contributed by atoms with Crippen LogP contribution in [0.1, 0.15) is 63.8 Å². The van der Waals surface area contributed by atoms with E-state index in [-0.39, 0.29) is 0 Å². The van der Waals surface area contributed by atoms with Crippen LogP contribution >= 0.6 is 12.2 Å². The predicted molar refractivity (Wildman–Crippen MR) is 165 cm³/mol. The Morgan fingerprint density at radius 1 is 1.18 bits per heavy atom. The monoisotopic (exact) mass is 527 g/mol. The minimum Gasteiger partial charge on any atom is -0.355 e. The van der Waals surface area contributed by atoms with Crippen LogP contribution in [-0.2, 0) is 6.42 Å². The number of nitrogens with zero attached hydrogens (tertiary/aromatic N) is 1. The van der Waals surface area contributed by atoms with Crippen LogP contribution in [0.3, 0.4) is 0 Å². The highest BCUT2D eigenvalue weighted by molar-refractivity contribution is 7.71. The summed E-state index contributed by atoms with van der Waals surface area (Å²) in [4.78, 5) is 3.54. The third-order valence-corrected chi connectivity index (χ3v) is 6.86. The fraction of sp³-hybridized carbons (Fsp3) is 0.242. The number of aryl methyl sites for hydroxylation is 1. The zero-order valence-electron chi connectivity index (χ0n) is 22.9. The first kappa shape index (κ1) is 28.9. The Labute approximate surface area is 231 Å². The molecule has 5 heteroatoms. The van der Waals surface area contributed by atoms with Gasteiger partial charge in [0.1, 0.15) is 4.64 Å². The Morgan fingerprint density at radius 2 is 1.97 bits per heavy atom. The average Bonchev–Trinajstić information content (AvgIpc) is 3.49. The third kappa shape index (κ3) is 6.99. The molecule has 0 saturated carbocycles. The molecule has 0 atom stereocenters. The van der Waals surface area contributed by atoms with Crippen molar-refractivity contribution in [2.45, 2.75) is 53.4 Å². The summed E-state index contributed by atoms with van der Waals surface area (Å²) >= 11 is 5.88. The number of benzene rings is 1. The zero-order chi connectivity index (χ0) is 27.7. The summed E-state index contributed by atoms with van der Waals surface area (Å²) in [5.74, 6) is 0. The molecular formula is C33H38FN3S. The number of nitrogens with one attached hydrogen (secondary N) is 2. The van der Waals surface area contributed by atoms with Crippen LogP contribution in [0.4, 0.5) is 4.39 Å². The standard InChI is InChI=1S/C33H38FN3S/c1-7-10-13-27-15-16-28-21-30(36-31(28)20-27)25(6)29-22-35-37(33(29)38)32(9-3)24(5)18-23(4)19-26(12-8-2)14-11-17-34/h8-9,11-12,14-18,20-22,35-36H,4,6-7,10,13,19H2,1-3,5H3/b12-8-,17-11+,24-18-,26-14+,32-9+. The second-order valence-corrected chi connectivity index (χ2v) is 9.80. The van der Waals surface area contributed by atoms with Gasteiger partial charge in [0, 0.05) is 33.9 Å². The Balaban J connectivity index is 1.85. The number of aromatic amines is 2. The molecule has 3 rings (SSSR count). The Morgan fingerprint density at radius 3 is 2.66 bits per heavy atom. The van der Waals surface area contributed by atoms with E-state index in [2.05, 4.69) is 54.4 Å². The minimum absolute atomic E-state index is 0.532. The van der Waals surface area contributed by atoms with Crippen molar-refractivity contribution >= 4 is 34.4 Å². The maximum Gasteiger partial charge on any atom is 0.135 e. The highest BCUT2D eigenvalue weighted by Crippen LogP contribution is 2.29. The van der Waals surface area contributed by atoms with Crippen LogP contribution in [0.5, 0.6) is 0 Å². The first-order valence-corrected chi connectivity index (χ1v) is 13.5. The summed E-state index contributed by atoms with van der Waals surface area (Å²) < 4.78 is 15.0. The van der Waals surface area contributed by atoms with Gasteiger partial charge in [-0.15, -0.1) is 0 Å². The Bertz CT molecular complexity index is 1510. The molecule has 0 amide bonds. The lowest BCUT2D eigenvalue weighted by Gasteiger charge is -2.11. The van der Waals surface area contributed by atoms with Gasteiger partial charge in [-0.05, 0) is 75.0 Å². The first-order valence-electron chi connectivity index (χ1n) is 13.1. The van der Waals surface area contributed by atoms with Crippen molar-refractivity contribution in [3.63, 3.8) is 0 Å². The summed E-state index contributed by atoms with van der Waals surface area (Å²) in [6.07, 6.45) is 17.6. The summed E-state index contributed by atoms with van der Waals surface area (Å²) in [7, 11) is 0. The zero-order valence-corrected chi connectivity index (χ0v) is 23.7. The summed E-state index contributed by atoms with van der Waals surface area (Å²) in [5, 5.41) is 4.47. The van der Waals surface area contributed by atoms with Gasteiger partial charge in [-0.1, -0.05) is 86.8 Å². The van der Waals surface area contributed by atoms with E-state index in [9.17, 15) is 4.39 Å². The highest BCUT2D eigenvalue weighted by atomic mass is 32.1. The molecule has 0 radical (unpaired) electrons. The van der Waals surface area contributed by atoms with Crippen molar-refractivity contribution in [3.8, 4) is 0 Å². The molecule has 0 fully saturated rings. The van der Waals surface area contributed by atoms with Gasteiger partial charge in [-0.25, -0.2) is 9.07 Å². The Hall–Kier alpha value is -3.70. The smallest absolute Gasteiger partial charge is 0.135 e. The predicted octanol–water partition coefficient (Wildman–Crippen LogP) is 10.2. The van der Waals surface area contributed by atoms with Crippen molar-refractivity contribution < 1.29 is 4.39 Å². The number of halogens is 1. The van der Waals surface area contributed by atoms with Gasteiger partial charge in [0.15, 0.2) is 0 Å². The second kappa shape index (κ2) is 13.7. The van der Waals surface area contributed by atoms with Crippen LogP contribution in [0.15, 0.2) is 103 Å². The van der Waals surface area contributed by atoms with E-state index >= 15 is 0 Å². The molecular weight excluding hydrogens is 489 g/mol. The summed E-state index contributed by atoms with van der Waals surface area (Å²) in [6.45, 7) is 16.7. The number of aromatic nitrogens is 3. The summed E-state index contributed by atoms with van der Waals surface area (Å²) in [6, 6.07) is 8.74. The van der Waals surface area contributed by atoms with Gasteiger partial charge in [0.05, 0.1) is 12.0 Å². The molecule has 0 unspecified atom stereocenters. The molecule has 2 aromatic heterocycles. The van der Waals surface area contributed by atoms with E-state index in [1.54, 1.807) is 6.08 Å². The quantitative estimate of drug-likeness (QED) is 0.178. The van der Waals surface area contributed by atoms with Crippen molar-refractivity contribution in [1.82, 2.24) is 14.8 Å². The van der Waals surface area contributed by atoms with Crippen LogP contribution in [0.2, 0.25) is 0 Å². The van der Waals surface area contributed by atoms with E-state index in [0.717, 1.165) is 56.6 Å². The fourth-order valence-corrected chi connectivity index (χ4v) is 4.89. The SMILES string of the molecule is C=C(/C=C(C)\C(=C/C)n1[nH]cc(C(=C)c2cc3ccc(CCCC)cc3[nH]2)c1=S)CC(/C=C\C)=C/C=C/F. The van der Waals surface area contributed by atoms with Gasteiger partial charge in [-0.2, -0.15) is 0 Å². The molecule has 0 spiro atoms. The molecule has 0 aliphatic rings. The molecule has 0 aliphatic carbocycles. The summed E-state index contributed by atoms with van der Waals surface area (Å²) in [5.41, 5.74) is 8.98. The number of allylic oxidation sites excluding steroid dienone is 10. The molecule has 0 bridgehead atoms. The molecule has 3 nitrogen and oxygen atoms in total. The lowest BCUT2D eigenvalue weighted by Crippen LogP contribution is -2.01. The number of fused-ring (bicyclic) bond motifs is 1. The number of hydrogen-bond acceptors (Lipinski definition) is 1. The van der Waals surface area contributed by atoms with Gasteiger partial charge >= 0.3 is 0 Å². The minimum atomic E-state index is 0.532. The molecule has 3 aromatic rings. The topological polar surface area (TPSA) is 36.5 Å². The van der Waals surface area contributed by atoms with Crippen LogP contribution < -0.4 is 0 Å². The third-order valence-electron chi connectivity index (χ3n) is 6.46. The van der Waals surface area contributed by atoms with Crippen molar-refractivity contribution in [3.05, 3.63) is 125 Å². The van der Waals surface area contributed by atoms with E-state index in [4.69, 9.17) is 12.2 Å². The molecule has 2 N–H and O–H groups in total. The molecule has 0 saturated heterocycles. The van der Waals surface area contributed by atoms with E-state index in [1.165, 1.54) is 24.5 Å². The lowest BCUT2D eigenvalue weighted by molar-refractivity contribution is 0.721. The first-order chi connectivity index (χ1) is 18.3. The van der Waals surface area contributed by atoms with Crippen molar-refractivity contribution in [2.75, 3.05) is 0 Å². The van der Waals surface area contributed by atoms with Gasteiger partial charge in [0.25, 0.3) is 0 Å². The maximum absolute atomic E-state index is 12.5. The average molecular weight is 528 g/mol. The second-order valence-electron chi connectivity index (χ2n) is 9.41. The molecule has 2 heterocycles. The van der Waals surface area contributed by atoms with Crippen LogP contribution in [0, 0.1) is 4.64 Å². The highest BCUT2D eigenvalue weighted by Gasteiger charge is 2.14. The van der Waals surface area contributed by atoms with Crippen molar-refractivity contribution in [1.29, 1.82) is 0 Å². The van der Waals surface area contributed by atoms with Gasteiger partial charge < -0.3 is 4.98 Å². The largest absolute Gasteiger partial charge is 0.355 e. The fourth-order valence-electron chi connectivity index (χ4n) is 4.56. The number of hydrogen-bond donors (Lipinski definition) is 2. The van der Waals surface area contributed by atoms with Crippen molar-refractivity contribution in [2.24, 2.45) is 0 Å². The molecule has 1 aromatic carbocycles. The number of H-pyrrole nitrogens is 2. The Kier molecular flexibility index (Phi) is 10.4. The van der Waals surface area contributed by atoms with E-state index < -0.39 is 0 Å². The van der Waals surface area contributed by atoms with E-state index in [0.29, 0.717) is 17.4 Å². The molecule has 0 aliphatic heterocycles. The van der Waals surface area contributed by atoms with Crippen LogP contribution in [-0.4, -0.2) is 14.8 Å². The molecule has 198 valence electrons. The van der Waals surface area contributed by atoms with Gasteiger partial charge in [0.2, 0.25) is 0 Å². The number of rotatable bonds is 12. The molecule has 38 heavy (non-hydrogen) atoms. The maximum atomic E-state index is 12.5. The van der Waals surface area contributed by atoms with E-state index in [1.807, 2.05) is 56.0 Å². The number of unbranched alkanes of at least 4 members (excludes halogenated alkanes) is 1.